The summed E-state index contributed by atoms with van der Waals surface area (Å²) < 4.78 is 0. The van der Waals surface area contributed by atoms with Gasteiger partial charge in [-0.2, -0.15) is 0 Å². The van der Waals surface area contributed by atoms with E-state index in [1.165, 1.54) is 9.80 Å². The highest BCUT2D eigenvalue weighted by molar-refractivity contribution is 6.35. The number of carbonyl (C=O) groups is 3. The molecule has 1 heterocycles. The van der Waals surface area contributed by atoms with Gasteiger partial charge in [0, 0.05) is 34.1 Å². The molecule has 0 aromatic heterocycles. The van der Waals surface area contributed by atoms with E-state index in [1.54, 1.807) is 24.3 Å². The van der Waals surface area contributed by atoms with Crippen molar-refractivity contribution in [2.24, 2.45) is 0 Å². The molecule has 3 aromatic rings. The number of hydrogen-bond donors (Lipinski definition) is 1. The molecule has 0 unspecified atom stereocenters. The van der Waals surface area contributed by atoms with Crippen molar-refractivity contribution in [2.45, 2.75) is 32.9 Å². The Morgan fingerprint density at radius 3 is 2.47 bits per heavy atom. The number of hydrogen-bond acceptors (Lipinski definition) is 3. The molecule has 3 aromatic carbocycles. The van der Waals surface area contributed by atoms with Crippen LogP contribution in [0.2, 0.25) is 10.0 Å². The molecule has 176 valence electrons. The van der Waals surface area contributed by atoms with E-state index in [-0.39, 0.29) is 30.8 Å². The summed E-state index contributed by atoms with van der Waals surface area (Å²) in [7, 11) is 0. The van der Waals surface area contributed by atoms with Crippen molar-refractivity contribution in [1.29, 1.82) is 0 Å². The van der Waals surface area contributed by atoms with Crippen LogP contribution in [0.4, 0.5) is 5.69 Å². The Balaban J connectivity index is 1.67. The Bertz CT molecular complexity index is 1270. The fraction of sp³-hybridized carbons (Fsp3) is 0.269. The van der Waals surface area contributed by atoms with E-state index in [0.29, 0.717) is 39.8 Å². The summed E-state index contributed by atoms with van der Waals surface area (Å²) >= 11 is 12.4. The lowest BCUT2D eigenvalue weighted by molar-refractivity contribution is -0.140. The second kappa shape index (κ2) is 10.0. The lowest BCUT2D eigenvalue weighted by atomic mass is 10.1. The van der Waals surface area contributed by atoms with Gasteiger partial charge in [0.2, 0.25) is 11.8 Å². The van der Waals surface area contributed by atoms with Crippen LogP contribution in [-0.4, -0.2) is 41.8 Å². The highest BCUT2D eigenvalue weighted by atomic mass is 35.5. The van der Waals surface area contributed by atoms with Gasteiger partial charge in [-0.3, -0.25) is 19.3 Å². The number of benzene rings is 3. The molecule has 8 heteroatoms. The van der Waals surface area contributed by atoms with Crippen LogP contribution in [0.1, 0.15) is 36.2 Å². The van der Waals surface area contributed by atoms with Gasteiger partial charge in [-0.15, -0.1) is 0 Å². The average Bonchev–Trinajstić information content (AvgIpc) is 3.08. The summed E-state index contributed by atoms with van der Waals surface area (Å²) in [6, 6.07) is 15.5. The molecule has 4 rings (SSSR count). The molecule has 0 bridgehead atoms. The summed E-state index contributed by atoms with van der Waals surface area (Å²) in [5, 5.41) is 5.48. The quantitative estimate of drug-likeness (QED) is 0.473. The fourth-order valence-electron chi connectivity index (χ4n) is 4.41. The standard InChI is InChI=1S/C26H25Cl2N3O3/c1-3-21(25(33)29-4-2)30(14-17-11-12-18(27)13-20(17)28)23(32)15-31-22-10-6-8-16-7-5-9-19(24(16)22)26(31)34/h5-13,21H,3-4,14-15H2,1-2H3,(H,29,33)/t21-/m1/s1. The lowest BCUT2D eigenvalue weighted by Gasteiger charge is -2.32. The third-order valence-corrected chi connectivity index (χ3v) is 6.62. The normalized spacial score (nSPS) is 13.3. The summed E-state index contributed by atoms with van der Waals surface area (Å²) in [6.45, 7) is 4.05. The van der Waals surface area contributed by atoms with Gasteiger partial charge in [0.1, 0.15) is 12.6 Å². The molecule has 0 saturated heterocycles. The summed E-state index contributed by atoms with van der Waals surface area (Å²) in [6.07, 6.45) is 0.409. The molecule has 1 aliphatic rings. The Kier molecular flexibility index (Phi) is 7.10. The predicted molar refractivity (Wildman–Crippen MR) is 135 cm³/mol. The molecular formula is C26H25Cl2N3O3. The van der Waals surface area contributed by atoms with E-state index in [2.05, 4.69) is 5.32 Å². The summed E-state index contributed by atoms with van der Waals surface area (Å²) in [5.74, 6) is -0.820. The van der Waals surface area contributed by atoms with Crippen molar-refractivity contribution < 1.29 is 14.4 Å². The van der Waals surface area contributed by atoms with Gasteiger partial charge >= 0.3 is 0 Å². The van der Waals surface area contributed by atoms with Gasteiger partial charge in [0.05, 0.1) is 5.69 Å². The van der Waals surface area contributed by atoms with Gasteiger partial charge < -0.3 is 10.2 Å². The predicted octanol–water partition coefficient (Wildman–Crippen LogP) is 5.05. The Morgan fingerprint density at radius 2 is 1.79 bits per heavy atom. The summed E-state index contributed by atoms with van der Waals surface area (Å²) in [5.41, 5.74) is 1.94. The van der Waals surface area contributed by atoms with E-state index < -0.39 is 6.04 Å². The minimum absolute atomic E-state index is 0.115. The topological polar surface area (TPSA) is 69.7 Å². The molecule has 1 atom stereocenters. The zero-order valence-corrected chi connectivity index (χ0v) is 20.5. The van der Waals surface area contributed by atoms with Crippen LogP contribution in [0.25, 0.3) is 10.8 Å². The molecule has 0 spiro atoms. The van der Waals surface area contributed by atoms with E-state index in [0.717, 1.165) is 10.8 Å². The molecular weight excluding hydrogens is 473 g/mol. The highest BCUT2D eigenvalue weighted by Crippen LogP contribution is 2.37. The van der Waals surface area contributed by atoms with Gasteiger partial charge in [0.15, 0.2) is 0 Å². The molecule has 6 nitrogen and oxygen atoms in total. The number of rotatable bonds is 8. The number of amides is 3. The third-order valence-electron chi connectivity index (χ3n) is 6.04. The maximum absolute atomic E-state index is 13.7. The van der Waals surface area contributed by atoms with Crippen LogP contribution in [-0.2, 0) is 16.1 Å². The fourth-order valence-corrected chi connectivity index (χ4v) is 4.88. The number of nitrogens with one attached hydrogen (secondary N) is 1. The van der Waals surface area contributed by atoms with Crippen molar-refractivity contribution in [3.63, 3.8) is 0 Å². The van der Waals surface area contributed by atoms with Crippen LogP contribution >= 0.6 is 23.2 Å². The second-order valence-electron chi connectivity index (χ2n) is 8.15. The van der Waals surface area contributed by atoms with E-state index in [4.69, 9.17) is 23.2 Å². The SMILES string of the molecule is CCNC(=O)[C@@H](CC)N(Cc1ccc(Cl)cc1Cl)C(=O)CN1C(=O)c2cccc3cccc1c23. The lowest BCUT2D eigenvalue weighted by Crippen LogP contribution is -2.52. The first-order valence-corrected chi connectivity index (χ1v) is 12.0. The first-order chi connectivity index (χ1) is 16.3. The average molecular weight is 498 g/mol. The summed E-state index contributed by atoms with van der Waals surface area (Å²) in [4.78, 5) is 42.7. The Morgan fingerprint density at radius 1 is 1.06 bits per heavy atom. The van der Waals surface area contributed by atoms with Crippen LogP contribution in [0.15, 0.2) is 54.6 Å². The smallest absolute Gasteiger partial charge is 0.259 e. The van der Waals surface area contributed by atoms with Crippen molar-refractivity contribution in [3.05, 3.63) is 75.8 Å². The van der Waals surface area contributed by atoms with Gasteiger partial charge in [-0.05, 0) is 48.6 Å². The monoisotopic (exact) mass is 497 g/mol. The van der Waals surface area contributed by atoms with Crippen molar-refractivity contribution >= 4 is 57.4 Å². The molecule has 1 N–H and O–H groups in total. The van der Waals surface area contributed by atoms with Gasteiger partial charge in [0.25, 0.3) is 5.91 Å². The first kappa shape index (κ1) is 24.0. The van der Waals surface area contributed by atoms with E-state index in [1.807, 2.05) is 44.2 Å². The van der Waals surface area contributed by atoms with Crippen molar-refractivity contribution in [3.8, 4) is 0 Å². The van der Waals surface area contributed by atoms with E-state index in [9.17, 15) is 14.4 Å². The number of likely N-dealkylation sites (N-methyl/N-ethyl adjacent to an activating group) is 1. The molecule has 0 aliphatic carbocycles. The van der Waals surface area contributed by atoms with Gasteiger partial charge in [-0.1, -0.05) is 60.5 Å². The van der Waals surface area contributed by atoms with Crippen molar-refractivity contribution in [1.82, 2.24) is 10.2 Å². The molecule has 0 radical (unpaired) electrons. The third kappa shape index (κ3) is 4.48. The first-order valence-electron chi connectivity index (χ1n) is 11.2. The maximum Gasteiger partial charge on any atom is 0.259 e. The van der Waals surface area contributed by atoms with Crippen LogP contribution in [0.3, 0.4) is 0 Å². The van der Waals surface area contributed by atoms with Gasteiger partial charge in [-0.25, -0.2) is 0 Å². The second-order valence-corrected chi connectivity index (χ2v) is 8.99. The Hall–Kier alpha value is -3.09. The zero-order chi connectivity index (χ0) is 24.4. The van der Waals surface area contributed by atoms with Crippen LogP contribution in [0, 0.1) is 0 Å². The Labute approximate surface area is 208 Å². The molecule has 1 aliphatic heterocycles. The minimum Gasteiger partial charge on any atom is -0.355 e. The van der Waals surface area contributed by atoms with E-state index >= 15 is 0 Å². The molecule has 3 amide bonds. The molecule has 34 heavy (non-hydrogen) atoms. The minimum atomic E-state index is -0.713. The zero-order valence-electron chi connectivity index (χ0n) is 19.0. The largest absolute Gasteiger partial charge is 0.355 e. The maximum atomic E-state index is 13.7. The number of halogens is 2. The molecule has 0 fully saturated rings. The number of nitrogens with zero attached hydrogens (tertiary/aromatic N) is 2. The van der Waals surface area contributed by atoms with Crippen LogP contribution < -0.4 is 10.2 Å². The number of anilines is 1. The highest BCUT2D eigenvalue weighted by Gasteiger charge is 2.35. The molecule has 0 saturated carbocycles. The van der Waals surface area contributed by atoms with Crippen LogP contribution in [0.5, 0.6) is 0 Å². The van der Waals surface area contributed by atoms with Crippen molar-refractivity contribution in [2.75, 3.05) is 18.0 Å². The number of carbonyl (C=O) groups excluding carboxylic acids is 3.